The summed E-state index contributed by atoms with van der Waals surface area (Å²) in [5, 5.41) is 0.238. The van der Waals surface area contributed by atoms with Gasteiger partial charge >= 0.3 is 7.12 Å². The summed E-state index contributed by atoms with van der Waals surface area (Å²) in [5.41, 5.74) is 4.04. The van der Waals surface area contributed by atoms with Crippen LogP contribution in [-0.2, 0) is 18.8 Å². The number of Topliss-reactive ketones (excluding diaryl/α,β-unsaturated/α-hetero) is 1. The molecule has 194 valence electrons. The zero-order valence-corrected chi connectivity index (χ0v) is 21.7. The molecular formula is C24H30BClFN3O6. The molecular weight excluding hydrogens is 492 g/mol. The van der Waals surface area contributed by atoms with Crippen LogP contribution in [0.15, 0.2) is 30.6 Å². The van der Waals surface area contributed by atoms with Crippen molar-refractivity contribution in [2.24, 2.45) is 5.73 Å². The fraction of sp³-hybridized carbons (Fsp3) is 0.500. The molecule has 2 N–H and O–H groups in total. The van der Waals surface area contributed by atoms with Crippen molar-refractivity contribution in [3.63, 3.8) is 0 Å². The van der Waals surface area contributed by atoms with Crippen LogP contribution in [0.2, 0.25) is 10.8 Å². The van der Waals surface area contributed by atoms with E-state index in [-0.39, 0.29) is 47.6 Å². The Morgan fingerprint density at radius 3 is 2.39 bits per heavy atom. The number of aromatic nitrogens is 2. The first-order valence-corrected chi connectivity index (χ1v) is 11.8. The van der Waals surface area contributed by atoms with E-state index in [0.29, 0.717) is 0 Å². The summed E-state index contributed by atoms with van der Waals surface area (Å²) in [6, 6.07) is 4.06. The van der Waals surface area contributed by atoms with Crippen LogP contribution in [0.1, 0.15) is 56.2 Å². The molecule has 2 heterocycles. The molecule has 1 aromatic heterocycles. The highest BCUT2D eigenvalue weighted by molar-refractivity contribution is 6.53. The second kappa shape index (κ2) is 11.2. The quantitative estimate of drug-likeness (QED) is 0.445. The van der Waals surface area contributed by atoms with Gasteiger partial charge in [0, 0.05) is 24.5 Å². The topological polar surface area (TPSA) is 123 Å². The van der Waals surface area contributed by atoms with Gasteiger partial charge in [-0.25, -0.2) is 9.37 Å². The van der Waals surface area contributed by atoms with Crippen LogP contribution in [0.5, 0.6) is 5.75 Å². The van der Waals surface area contributed by atoms with E-state index < -0.39 is 41.8 Å². The molecule has 9 nitrogen and oxygen atoms in total. The molecule has 1 fully saturated rings. The zero-order valence-electron chi connectivity index (χ0n) is 20.9. The van der Waals surface area contributed by atoms with Crippen LogP contribution in [0.3, 0.4) is 0 Å². The number of rotatable bonds is 11. The maximum absolute atomic E-state index is 14.2. The number of hydrogen-bond acceptors (Lipinski definition) is 8. The minimum atomic E-state index is -0.984. The molecule has 3 rings (SSSR count). The molecule has 0 radical (unpaired) electrons. The van der Waals surface area contributed by atoms with E-state index >= 15 is 0 Å². The van der Waals surface area contributed by atoms with Gasteiger partial charge < -0.3 is 24.5 Å². The minimum absolute atomic E-state index is 0.00194. The Morgan fingerprint density at radius 2 is 1.81 bits per heavy atom. The molecule has 1 aliphatic heterocycles. The largest absolute Gasteiger partial charge is 0.491 e. The number of hydrogen-bond donors (Lipinski definition) is 1. The van der Waals surface area contributed by atoms with Crippen LogP contribution in [0, 0.1) is 5.82 Å². The van der Waals surface area contributed by atoms with Crippen molar-refractivity contribution >= 4 is 30.4 Å². The van der Waals surface area contributed by atoms with Gasteiger partial charge in [-0.2, -0.15) is 0 Å². The molecule has 0 saturated carbocycles. The lowest BCUT2D eigenvalue weighted by atomic mass is 9.64. The van der Waals surface area contributed by atoms with Gasteiger partial charge in [0.2, 0.25) is 0 Å². The highest BCUT2D eigenvalue weighted by Gasteiger charge is 2.56. The number of methoxy groups -OCH3 is 1. The van der Waals surface area contributed by atoms with Gasteiger partial charge in [0.05, 0.1) is 41.8 Å². The first-order chi connectivity index (χ1) is 16.9. The Hall–Kier alpha value is -2.60. The molecule has 1 aromatic carbocycles. The van der Waals surface area contributed by atoms with E-state index in [4.69, 9.17) is 36.1 Å². The molecule has 0 unspecified atom stereocenters. The van der Waals surface area contributed by atoms with Crippen molar-refractivity contribution in [2.75, 3.05) is 20.3 Å². The third kappa shape index (κ3) is 6.03. The van der Waals surface area contributed by atoms with E-state index in [1.54, 1.807) is 0 Å². The number of nitrogens with zero attached hydrogens (tertiary/aromatic N) is 2. The summed E-state index contributed by atoms with van der Waals surface area (Å²) in [6.07, 6.45) is 2.80. The standard InChI is InChI=1S/C24H30BClFN3O6/c1-23(2)24(3,4)36-25(35-23)16(8-11-34-18-7-6-14(26)12-17(18)27)21(31)15(13-33-5)19-20(22(28)32)30-10-9-29-19/h6-7,9-10,12,15-16H,8,11,13H2,1-5H3,(H2,28,32)/t15-,16+/m0/s1. The van der Waals surface area contributed by atoms with Crippen molar-refractivity contribution in [3.8, 4) is 5.75 Å². The molecule has 36 heavy (non-hydrogen) atoms. The summed E-state index contributed by atoms with van der Waals surface area (Å²) < 4.78 is 37.5. The van der Waals surface area contributed by atoms with Gasteiger partial charge in [0.15, 0.2) is 11.6 Å². The first kappa shape index (κ1) is 28.0. The summed E-state index contributed by atoms with van der Waals surface area (Å²) in [4.78, 5) is 34.2. The second-order valence-electron chi connectivity index (χ2n) is 9.51. The summed E-state index contributed by atoms with van der Waals surface area (Å²) >= 11 is 5.81. The monoisotopic (exact) mass is 521 g/mol. The number of benzene rings is 1. The minimum Gasteiger partial charge on any atom is -0.491 e. The van der Waals surface area contributed by atoms with Crippen molar-refractivity contribution < 1.29 is 32.8 Å². The lowest BCUT2D eigenvalue weighted by Crippen LogP contribution is -2.41. The van der Waals surface area contributed by atoms with Gasteiger partial charge in [-0.15, -0.1) is 0 Å². The lowest BCUT2D eigenvalue weighted by molar-refractivity contribution is -0.122. The molecule has 1 amide bonds. The summed E-state index contributed by atoms with van der Waals surface area (Å²) in [5.74, 6) is -3.66. The lowest BCUT2D eigenvalue weighted by Gasteiger charge is -2.32. The molecule has 2 atom stereocenters. The number of carbonyl (C=O) groups is 2. The van der Waals surface area contributed by atoms with Gasteiger partial charge in [-0.1, -0.05) is 11.6 Å². The second-order valence-corrected chi connectivity index (χ2v) is 9.94. The maximum atomic E-state index is 14.2. The average molecular weight is 522 g/mol. The Morgan fingerprint density at radius 1 is 1.17 bits per heavy atom. The molecule has 12 heteroatoms. The van der Waals surface area contributed by atoms with Gasteiger partial charge in [-0.3, -0.25) is 14.6 Å². The summed E-state index contributed by atoms with van der Waals surface area (Å²) in [7, 11) is 0.491. The predicted octanol–water partition coefficient (Wildman–Crippen LogP) is 3.60. The zero-order chi connectivity index (χ0) is 26.7. The number of ether oxygens (including phenoxy) is 2. The molecule has 1 aliphatic rings. The van der Waals surface area contributed by atoms with Crippen molar-refractivity contribution in [1.82, 2.24) is 9.97 Å². The van der Waals surface area contributed by atoms with Gasteiger partial charge in [-0.05, 0) is 52.3 Å². The number of primary amides is 1. The Labute approximate surface area is 215 Å². The number of halogens is 2. The Kier molecular flexibility index (Phi) is 8.71. The van der Waals surface area contributed by atoms with Crippen molar-refractivity contribution in [2.45, 2.75) is 57.1 Å². The van der Waals surface area contributed by atoms with Gasteiger partial charge in [0.1, 0.15) is 11.5 Å². The molecule has 0 aliphatic carbocycles. The number of nitrogens with two attached hydrogens (primary N) is 1. The molecule has 2 aromatic rings. The van der Waals surface area contributed by atoms with Gasteiger partial charge in [0.25, 0.3) is 5.91 Å². The maximum Gasteiger partial charge on any atom is 0.469 e. The SMILES string of the molecule is COC[C@H](C(=O)[C@@H](CCOc1ccc(Cl)cc1F)B1OC(C)(C)C(C)(C)O1)c1nccnc1C(N)=O. The Balaban J connectivity index is 1.92. The summed E-state index contributed by atoms with van der Waals surface area (Å²) in [6.45, 7) is 7.37. The van der Waals surface area contributed by atoms with E-state index in [2.05, 4.69) is 9.97 Å². The van der Waals surface area contributed by atoms with Crippen LogP contribution < -0.4 is 10.5 Å². The number of amides is 1. The number of carbonyl (C=O) groups excluding carboxylic acids is 2. The highest BCUT2D eigenvalue weighted by Crippen LogP contribution is 2.42. The van der Waals surface area contributed by atoms with E-state index in [1.165, 1.54) is 31.6 Å². The highest BCUT2D eigenvalue weighted by atomic mass is 35.5. The first-order valence-electron chi connectivity index (χ1n) is 11.4. The van der Waals surface area contributed by atoms with Crippen LogP contribution in [0.25, 0.3) is 0 Å². The van der Waals surface area contributed by atoms with E-state index in [9.17, 15) is 14.0 Å². The molecule has 0 spiro atoms. The van der Waals surface area contributed by atoms with Crippen LogP contribution >= 0.6 is 11.6 Å². The van der Waals surface area contributed by atoms with Crippen LogP contribution in [0.4, 0.5) is 4.39 Å². The Bertz CT molecular complexity index is 1100. The normalized spacial score (nSPS) is 18.0. The fourth-order valence-corrected chi connectivity index (χ4v) is 4.03. The molecule has 0 bridgehead atoms. The van der Waals surface area contributed by atoms with Crippen molar-refractivity contribution in [3.05, 3.63) is 52.8 Å². The van der Waals surface area contributed by atoms with E-state index in [1.807, 2.05) is 27.7 Å². The van der Waals surface area contributed by atoms with Crippen LogP contribution in [-0.4, -0.2) is 60.3 Å². The molecule has 1 saturated heterocycles. The third-order valence-corrected chi connectivity index (χ3v) is 6.75. The van der Waals surface area contributed by atoms with Crippen molar-refractivity contribution in [1.29, 1.82) is 0 Å². The fourth-order valence-electron chi connectivity index (χ4n) is 3.87. The average Bonchev–Trinajstić information content (AvgIpc) is 3.02. The number of ketones is 1. The third-order valence-electron chi connectivity index (χ3n) is 6.51. The smallest absolute Gasteiger partial charge is 0.469 e. The van der Waals surface area contributed by atoms with E-state index in [0.717, 1.165) is 6.07 Å². The predicted molar refractivity (Wildman–Crippen MR) is 132 cm³/mol.